The van der Waals surface area contributed by atoms with E-state index in [1.54, 1.807) is 12.3 Å². The highest BCUT2D eigenvalue weighted by molar-refractivity contribution is 6.35. The summed E-state index contributed by atoms with van der Waals surface area (Å²) in [4.78, 5) is 8.25. The largest absolute Gasteiger partial charge is 0.381 e. The maximum Gasteiger partial charge on any atom is 0.182 e. The number of hydrogen-bond donors (Lipinski definition) is 1. The Labute approximate surface area is 150 Å². The van der Waals surface area contributed by atoms with Gasteiger partial charge in [0.2, 0.25) is 0 Å². The number of nitrogens with one attached hydrogen (secondary N) is 1. The predicted octanol–water partition coefficient (Wildman–Crippen LogP) is 3.82. The summed E-state index contributed by atoms with van der Waals surface area (Å²) >= 11 is 12.5. The van der Waals surface area contributed by atoms with E-state index in [0.717, 1.165) is 18.4 Å². The summed E-state index contributed by atoms with van der Waals surface area (Å²) < 4.78 is 5.53. The fourth-order valence-electron chi connectivity index (χ4n) is 3.03. The lowest BCUT2D eigenvalue weighted by atomic mass is 9.74. The van der Waals surface area contributed by atoms with Crippen molar-refractivity contribution < 1.29 is 4.74 Å². The van der Waals surface area contributed by atoms with Crippen LogP contribution < -0.4 is 5.32 Å². The van der Waals surface area contributed by atoms with Gasteiger partial charge in [0.15, 0.2) is 11.5 Å². The Morgan fingerprint density at radius 2 is 1.96 bits per heavy atom. The molecule has 1 fully saturated rings. The first-order valence-electron chi connectivity index (χ1n) is 7.63. The van der Waals surface area contributed by atoms with Crippen LogP contribution in [0.5, 0.6) is 0 Å². The molecule has 0 unspecified atom stereocenters. The van der Waals surface area contributed by atoms with Gasteiger partial charge in [-0.25, -0.2) is 9.97 Å². The molecule has 1 saturated heterocycles. The van der Waals surface area contributed by atoms with Gasteiger partial charge in [-0.3, -0.25) is 0 Å². The summed E-state index contributed by atoms with van der Waals surface area (Å²) in [5, 5.41) is 13.7. The molecule has 0 saturated carbocycles. The number of nitriles is 1. The lowest BCUT2D eigenvalue weighted by Crippen LogP contribution is -2.40. The minimum Gasteiger partial charge on any atom is -0.381 e. The molecule has 0 atom stereocenters. The molecule has 1 aromatic carbocycles. The summed E-state index contributed by atoms with van der Waals surface area (Å²) in [6, 6.07) is 7.63. The van der Waals surface area contributed by atoms with Gasteiger partial charge in [0.05, 0.1) is 0 Å². The van der Waals surface area contributed by atoms with Crippen LogP contribution in [-0.2, 0) is 10.2 Å². The summed E-state index contributed by atoms with van der Waals surface area (Å²) in [6.07, 6.45) is 4.71. The molecule has 7 heteroatoms. The van der Waals surface area contributed by atoms with Gasteiger partial charge in [-0.05, 0) is 30.5 Å². The summed E-state index contributed by atoms with van der Waals surface area (Å²) in [6.45, 7) is 1.91. The van der Waals surface area contributed by atoms with E-state index in [1.165, 1.54) is 6.20 Å². The molecule has 5 nitrogen and oxygen atoms in total. The molecule has 1 aliphatic heterocycles. The van der Waals surface area contributed by atoms with Gasteiger partial charge < -0.3 is 10.1 Å². The van der Waals surface area contributed by atoms with Gasteiger partial charge in [-0.15, -0.1) is 0 Å². The van der Waals surface area contributed by atoms with Crippen LogP contribution in [0.15, 0.2) is 30.6 Å². The first-order valence-corrected chi connectivity index (χ1v) is 8.38. The zero-order valence-electron chi connectivity index (χ0n) is 12.9. The highest BCUT2D eigenvalue weighted by Gasteiger charge is 2.36. The topological polar surface area (TPSA) is 70.8 Å². The normalized spacial score (nSPS) is 16.4. The van der Waals surface area contributed by atoms with E-state index < -0.39 is 0 Å². The quantitative estimate of drug-likeness (QED) is 0.894. The van der Waals surface area contributed by atoms with Gasteiger partial charge in [-0.1, -0.05) is 29.3 Å². The highest BCUT2D eigenvalue weighted by atomic mass is 35.5. The third kappa shape index (κ3) is 3.46. The molecule has 0 bridgehead atoms. The first-order chi connectivity index (χ1) is 11.6. The lowest BCUT2D eigenvalue weighted by Gasteiger charge is -2.38. The molecular weight excluding hydrogens is 347 g/mol. The summed E-state index contributed by atoms with van der Waals surface area (Å²) in [7, 11) is 0. The number of hydrogen-bond acceptors (Lipinski definition) is 5. The molecule has 24 heavy (non-hydrogen) atoms. The molecule has 3 rings (SSSR count). The van der Waals surface area contributed by atoms with Crippen molar-refractivity contribution in [2.45, 2.75) is 18.3 Å². The van der Waals surface area contributed by atoms with Crippen molar-refractivity contribution in [2.24, 2.45) is 0 Å². The zero-order chi connectivity index (χ0) is 17.0. The maximum absolute atomic E-state index is 9.16. The average molecular weight is 363 g/mol. The van der Waals surface area contributed by atoms with Gasteiger partial charge in [0.1, 0.15) is 6.07 Å². The number of ether oxygens (including phenoxy) is 1. The van der Waals surface area contributed by atoms with Gasteiger partial charge in [0, 0.05) is 47.6 Å². The van der Waals surface area contributed by atoms with E-state index in [9.17, 15) is 0 Å². The van der Waals surface area contributed by atoms with Crippen LogP contribution in [0.2, 0.25) is 10.0 Å². The Kier molecular flexibility index (Phi) is 5.20. The van der Waals surface area contributed by atoms with Crippen LogP contribution in [0, 0.1) is 11.3 Å². The molecule has 0 amide bonds. The second-order valence-corrected chi connectivity index (χ2v) is 6.58. The standard InChI is InChI=1S/C17H16Cl2N4O/c18-12-1-2-13(14(19)9-12)17(3-7-24-8-4-17)11-23-16-15(10-20)21-5-6-22-16/h1-2,5-6,9H,3-4,7-8,11H2,(H,22,23). The second kappa shape index (κ2) is 7.35. The van der Waals surface area contributed by atoms with Crippen LogP contribution in [0.25, 0.3) is 0 Å². The molecule has 1 aromatic heterocycles. The average Bonchev–Trinajstić information content (AvgIpc) is 2.61. The van der Waals surface area contributed by atoms with Gasteiger partial charge in [-0.2, -0.15) is 5.26 Å². The third-order valence-electron chi connectivity index (χ3n) is 4.35. The fourth-order valence-corrected chi connectivity index (χ4v) is 3.63. The molecule has 124 valence electrons. The number of benzene rings is 1. The highest BCUT2D eigenvalue weighted by Crippen LogP contribution is 2.39. The SMILES string of the molecule is N#Cc1nccnc1NCC1(c2ccc(Cl)cc2Cl)CCOCC1. The van der Waals surface area contributed by atoms with E-state index in [0.29, 0.717) is 35.6 Å². The second-order valence-electron chi connectivity index (χ2n) is 5.74. The lowest BCUT2D eigenvalue weighted by molar-refractivity contribution is 0.0544. The molecular formula is C17H16Cl2N4O. The van der Waals surface area contributed by atoms with Crippen molar-refractivity contribution in [1.82, 2.24) is 9.97 Å². The first kappa shape index (κ1) is 17.0. The van der Waals surface area contributed by atoms with E-state index >= 15 is 0 Å². The third-order valence-corrected chi connectivity index (χ3v) is 4.90. The van der Waals surface area contributed by atoms with Crippen LogP contribution in [0.4, 0.5) is 5.82 Å². The van der Waals surface area contributed by atoms with Crippen LogP contribution in [-0.4, -0.2) is 29.7 Å². The number of aromatic nitrogens is 2. The zero-order valence-corrected chi connectivity index (χ0v) is 14.4. The Morgan fingerprint density at radius 1 is 1.21 bits per heavy atom. The van der Waals surface area contributed by atoms with Gasteiger partial charge >= 0.3 is 0 Å². The number of halogens is 2. The Hall–Kier alpha value is -1.87. The van der Waals surface area contributed by atoms with E-state index in [2.05, 4.69) is 21.4 Å². The Balaban J connectivity index is 1.91. The minimum atomic E-state index is -0.204. The predicted molar refractivity (Wildman–Crippen MR) is 93.4 cm³/mol. The van der Waals surface area contributed by atoms with Crippen LogP contribution in [0.1, 0.15) is 24.1 Å². The molecule has 1 N–H and O–H groups in total. The Bertz CT molecular complexity index is 769. The molecule has 2 heterocycles. The van der Waals surface area contributed by atoms with E-state index in [1.807, 2.05) is 12.1 Å². The van der Waals surface area contributed by atoms with Crippen molar-refractivity contribution in [3.8, 4) is 6.07 Å². The molecule has 0 spiro atoms. The number of nitrogens with zero attached hydrogens (tertiary/aromatic N) is 3. The van der Waals surface area contributed by atoms with Crippen LogP contribution in [0.3, 0.4) is 0 Å². The minimum absolute atomic E-state index is 0.204. The molecule has 0 aliphatic carbocycles. The van der Waals surface area contributed by atoms with Crippen molar-refractivity contribution in [1.29, 1.82) is 5.26 Å². The van der Waals surface area contributed by atoms with Crippen molar-refractivity contribution >= 4 is 29.0 Å². The van der Waals surface area contributed by atoms with Crippen molar-refractivity contribution in [3.05, 3.63) is 51.9 Å². The van der Waals surface area contributed by atoms with Crippen LogP contribution >= 0.6 is 23.2 Å². The van der Waals surface area contributed by atoms with Gasteiger partial charge in [0.25, 0.3) is 0 Å². The van der Waals surface area contributed by atoms with Crippen molar-refractivity contribution in [2.75, 3.05) is 25.1 Å². The summed E-state index contributed by atoms with van der Waals surface area (Å²) in [5.41, 5.74) is 1.11. The summed E-state index contributed by atoms with van der Waals surface area (Å²) in [5.74, 6) is 0.482. The number of anilines is 1. The monoisotopic (exact) mass is 362 g/mol. The number of rotatable bonds is 4. The van der Waals surface area contributed by atoms with E-state index in [4.69, 9.17) is 33.2 Å². The molecule has 1 aliphatic rings. The smallest absolute Gasteiger partial charge is 0.182 e. The molecule has 0 radical (unpaired) electrons. The van der Waals surface area contributed by atoms with Crippen molar-refractivity contribution in [3.63, 3.8) is 0 Å². The maximum atomic E-state index is 9.16. The Morgan fingerprint density at radius 3 is 2.67 bits per heavy atom. The van der Waals surface area contributed by atoms with E-state index in [-0.39, 0.29) is 11.1 Å². The molecule has 2 aromatic rings. The fraction of sp³-hybridized carbons (Fsp3) is 0.353.